The molecule has 15 heavy (non-hydrogen) atoms. The van der Waals surface area contributed by atoms with E-state index in [9.17, 15) is 0 Å². The highest BCUT2D eigenvalue weighted by Gasteiger charge is 2.42. The van der Waals surface area contributed by atoms with Crippen molar-refractivity contribution in [3.8, 4) is 0 Å². The molecule has 0 spiro atoms. The second kappa shape index (κ2) is 3.82. The van der Waals surface area contributed by atoms with Crippen molar-refractivity contribution >= 4 is 21.6 Å². The summed E-state index contributed by atoms with van der Waals surface area (Å²) >= 11 is 3.56. The molecule has 2 rings (SSSR count). The van der Waals surface area contributed by atoms with Crippen LogP contribution in [0.5, 0.6) is 0 Å². The Kier molecular flexibility index (Phi) is 2.80. The van der Waals surface area contributed by atoms with Gasteiger partial charge in [0, 0.05) is 16.2 Å². The van der Waals surface area contributed by atoms with Gasteiger partial charge in [-0.15, -0.1) is 0 Å². The van der Waals surface area contributed by atoms with Gasteiger partial charge in [0.1, 0.15) is 0 Å². The van der Waals surface area contributed by atoms with Gasteiger partial charge in [0.25, 0.3) is 0 Å². The molecule has 1 atom stereocenters. The Morgan fingerprint density at radius 2 is 2.07 bits per heavy atom. The lowest BCUT2D eigenvalue weighted by Gasteiger charge is -2.23. The molecule has 0 saturated heterocycles. The number of hydrogen-bond donors (Lipinski definition) is 1. The minimum Gasteiger partial charge on any atom is -0.382 e. The highest BCUT2D eigenvalue weighted by molar-refractivity contribution is 9.10. The highest BCUT2D eigenvalue weighted by Crippen LogP contribution is 2.49. The Morgan fingerprint density at radius 3 is 2.67 bits per heavy atom. The van der Waals surface area contributed by atoms with E-state index in [1.807, 2.05) is 0 Å². The highest BCUT2D eigenvalue weighted by atomic mass is 79.9. The van der Waals surface area contributed by atoms with E-state index in [2.05, 4.69) is 60.2 Å². The molecule has 1 fully saturated rings. The summed E-state index contributed by atoms with van der Waals surface area (Å²) in [6.07, 6.45) is 2.71. The molecule has 1 unspecified atom stereocenters. The Morgan fingerprint density at radius 1 is 1.40 bits per heavy atom. The summed E-state index contributed by atoms with van der Waals surface area (Å²) in [6.45, 7) is 6.79. The van der Waals surface area contributed by atoms with Gasteiger partial charge in [-0.05, 0) is 49.8 Å². The van der Waals surface area contributed by atoms with Crippen LogP contribution in [-0.4, -0.2) is 6.04 Å². The van der Waals surface area contributed by atoms with Crippen molar-refractivity contribution < 1.29 is 0 Å². The van der Waals surface area contributed by atoms with Crippen LogP contribution in [0, 0.1) is 12.3 Å². The van der Waals surface area contributed by atoms with Crippen molar-refractivity contribution in [2.45, 2.75) is 39.7 Å². The summed E-state index contributed by atoms with van der Waals surface area (Å²) < 4.78 is 1.18. The van der Waals surface area contributed by atoms with Gasteiger partial charge in [-0.3, -0.25) is 0 Å². The van der Waals surface area contributed by atoms with E-state index < -0.39 is 0 Å². The maximum absolute atomic E-state index is 3.62. The molecule has 1 saturated carbocycles. The van der Waals surface area contributed by atoms with E-state index in [1.54, 1.807) is 0 Å². The average Bonchev–Trinajstić information content (AvgIpc) is 2.93. The summed E-state index contributed by atoms with van der Waals surface area (Å²) in [4.78, 5) is 0. The first-order chi connectivity index (χ1) is 7.03. The number of anilines is 1. The second-order valence-corrected chi connectivity index (χ2v) is 5.79. The summed E-state index contributed by atoms with van der Waals surface area (Å²) in [6, 6.07) is 6.89. The molecule has 0 amide bonds. The van der Waals surface area contributed by atoms with E-state index in [1.165, 1.54) is 28.6 Å². The summed E-state index contributed by atoms with van der Waals surface area (Å²) in [5.41, 5.74) is 3.08. The lowest BCUT2D eigenvalue weighted by molar-refractivity contribution is 0.493. The minimum absolute atomic E-state index is 0.523. The van der Waals surface area contributed by atoms with Gasteiger partial charge in [-0.2, -0.15) is 0 Å². The quantitative estimate of drug-likeness (QED) is 0.858. The van der Waals surface area contributed by atoms with Crippen LogP contribution in [0.4, 0.5) is 5.69 Å². The SMILES string of the molecule is Cc1c(Br)cccc1NC(C)C1(C)CC1. The Bertz CT molecular complexity index is 369. The molecule has 82 valence electrons. The molecule has 1 aliphatic carbocycles. The zero-order chi connectivity index (χ0) is 11.1. The molecule has 1 aliphatic rings. The van der Waals surface area contributed by atoms with Gasteiger partial charge in [-0.25, -0.2) is 0 Å². The smallest absolute Gasteiger partial charge is 0.0383 e. The first kappa shape index (κ1) is 11.0. The molecule has 1 aromatic rings. The van der Waals surface area contributed by atoms with Crippen molar-refractivity contribution in [2.24, 2.45) is 5.41 Å². The van der Waals surface area contributed by atoms with Crippen molar-refractivity contribution in [2.75, 3.05) is 5.32 Å². The average molecular weight is 268 g/mol. The third kappa shape index (κ3) is 2.20. The third-order valence-electron chi connectivity index (χ3n) is 3.72. The third-order valence-corrected chi connectivity index (χ3v) is 4.58. The largest absolute Gasteiger partial charge is 0.382 e. The Labute approximate surface area is 100 Å². The van der Waals surface area contributed by atoms with Gasteiger partial charge in [-0.1, -0.05) is 28.9 Å². The molecule has 1 N–H and O–H groups in total. The number of benzene rings is 1. The first-order valence-electron chi connectivity index (χ1n) is 5.54. The molecule has 0 aromatic heterocycles. The van der Waals surface area contributed by atoms with Gasteiger partial charge in [0.2, 0.25) is 0 Å². The topological polar surface area (TPSA) is 12.0 Å². The zero-order valence-electron chi connectivity index (χ0n) is 9.60. The van der Waals surface area contributed by atoms with Crippen LogP contribution >= 0.6 is 15.9 Å². The van der Waals surface area contributed by atoms with E-state index in [0.717, 1.165) is 0 Å². The molecular weight excluding hydrogens is 250 g/mol. The van der Waals surface area contributed by atoms with E-state index in [0.29, 0.717) is 11.5 Å². The van der Waals surface area contributed by atoms with Crippen LogP contribution in [0.15, 0.2) is 22.7 Å². The molecule has 1 nitrogen and oxygen atoms in total. The van der Waals surface area contributed by atoms with E-state index in [-0.39, 0.29) is 0 Å². The van der Waals surface area contributed by atoms with Crippen molar-refractivity contribution in [3.63, 3.8) is 0 Å². The maximum atomic E-state index is 3.62. The van der Waals surface area contributed by atoms with Crippen LogP contribution < -0.4 is 5.32 Å². The Balaban J connectivity index is 2.14. The fourth-order valence-corrected chi connectivity index (χ4v) is 2.17. The second-order valence-electron chi connectivity index (χ2n) is 4.93. The maximum Gasteiger partial charge on any atom is 0.0383 e. The monoisotopic (exact) mass is 267 g/mol. The standard InChI is InChI=1S/C13H18BrN/c1-9-11(14)5-4-6-12(9)15-10(2)13(3)7-8-13/h4-6,10,15H,7-8H2,1-3H3. The van der Waals surface area contributed by atoms with Crippen LogP contribution in [0.1, 0.15) is 32.3 Å². The van der Waals surface area contributed by atoms with Crippen molar-refractivity contribution in [3.05, 3.63) is 28.2 Å². The predicted octanol–water partition coefficient (Wildman–Crippen LogP) is 4.36. The van der Waals surface area contributed by atoms with Gasteiger partial charge in [0.05, 0.1) is 0 Å². The van der Waals surface area contributed by atoms with Gasteiger partial charge in [0.15, 0.2) is 0 Å². The Hall–Kier alpha value is -0.500. The van der Waals surface area contributed by atoms with Gasteiger partial charge >= 0.3 is 0 Å². The van der Waals surface area contributed by atoms with Crippen molar-refractivity contribution in [1.82, 2.24) is 0 Å². The lowest BCUT2D eigenvalue weighted by Crippen LogP contribution is -2.25. The van der Waals surface area contributed by atoms with Crippen LogP contribution in [-0.2, 0) is 0 Å². The zero-order valence-corrected chi connectivity index (χ0v) is 11.2. The van der Waals surface area contributed by atoms with Crippen LogP contribution in [0.2, 0.25) is 0 Å². The number of rotatable bonds is 3. The minimum atomic E-state index is 0.523. The van der Waals surface area contributed by atoms with Crippen LogP contribution in [0.3, 0.4) is 0 Å². The lowest BCUT2D eigenvalue weighted by atomic mass is 10.00. The van der Waals surface area contributed by atoms with Crippen molar-refractivity contribution in [1.29, 1.82) is 0 Å². The first-order valence-corrected chi connectivity index (χ1v) is 6.34. The molecule has 1 aromatic carbocycles. The fraction of sp³-hybridized carbons (Fsp3) is 0.538. The molecule has 0 aliphatic heterocycles. The van der Waals surface area contributed by atoms with E-state index in [4.69, 9.17) is 0 Å². The fourth-order valence-electron chi connectivity index (χ4n) is 1.80. The molecular formula is C13H18BrN. The molecule has 2 heteroatoms. The molecule has 0 bridgehead atoms. The van der Waals surface area contributed by atoms with Gasteiger partial charge < -0.3 is 5.32 Å². The normalized spacial score (nSPS) is 19.7. The predicted molar refractivity (Wildman–Crippen MR) is 69.3 cm³/mol. The van der Waals surface area contributed by atoms with E-state index >= 15 is 0 Å². The number of hydrogen-bond acceptors (Lipinski definition) is 1. The summed E-state index contributed by atoms with van der Waals surface area (Å²) in [7, 11) is 0. The summed E-state index contributed by atoms with van der Waals surface area (Å²) in [5, 5.41) is 3.62. The number of halogens is 1. The molecule has 0 radical (unpaired) electrons. The van der Waals surface area contributed by atoms with Crippen LogP contribution in [0.25, 0.3) is 0 Å². The number of nitrogens with one attached hydrogen (secondary N) is 1. The summed E-state index contributed by atoms with van der Waals surface area (Å²) in [5.74, 6) is 0. The molecule has 0 heterocycles.